The first-order chi connectivity index (χ1) is 9.05. The van der Waals surface area contributed by atoms with E-state index in [1.54, 1.807) is 7.11 Å². The van der Waals surface area contributed by atoms with E-state index in [1.807, 2.05) is 44.2 Å². The van der Waals surface area contributed by atoms with E-state index >= 15 is 0 Å². The number of rotatable bonds is 4. The number of methoxy groups -OCH3 is 1. The molecule has 0 saturated carbocycles. The molecule has 0 bridgehead atoms. The van der Waals surface area contributed by atoms with Gasteiger partial charge >= 0.3 is 0 Å². The Kier molecular flexibility index (Phi) is 3.68. The highest BCUT2D eigenvalue weighted by Gasteiger charge is 2.17. The van der Waals surface area contributed by atoms with Crippen LogP contribution in [0.1, 0.15) is 19.4 Å². The number of benzene rings is 1. The summed E-state index contributed by atoms with van der Waals surface area (Å²) in [5, 5.41) is 13.4. The summed E-state index contributed by atoms with van der Waals surface area (Å²) in [4.78, 5) is 4.49. The van der Waals surface area contributed by atoms with Gasteiger partial charge in [-0.2, -0.15) is 5.26 Å². The van der Waals surface area contributed by atoms with Crippen LogP contribution >= 0.6 is 0 Å². The number of hydrogen-bond donors (Lipinski definition) is 1. The Labute approximate surface area is 113 Å². The molecule has 1 heterocycles. The number of ether oxygens (including phenoxy) is 1. The average Bonchev–Trinajstić information content (AvgIpc) is 2.44. The predicted octanol–water partition coefficient (Wildman–Crippen LogP) is 2.94. The van der Waals surface area contributed by atoms with Crippen molar-refractivity contribution in [2.24, 2.45) is 0 Å². The lowest BCUT2D eigenvalue weighted by Gasteiger charge is -2.23. The number of anilines is 1. The third kappa shape index (κ3) is 3.01. The van der Waals surface area contributed by atoms with Crippen LogP contribution in [0.2, 0.25) is 0 Å². The van der Waals surface area contributed by atoms with Gasteiger partial charge in [0.05, 0.1) is 16.7 Å². The molecule has 2 rings (SSSR count). The Hall–Kier alpha value is -2.12. The summed E-state index contributed by atoms with van der Waals surface area (Å²) >= 11 is 0. The molecule has 2 aromatic rings. The molecule has 0 aliphatic rings. The average molecular weight is 255 g/mol. The molecule has 4 heteroatoms. The van der Waals surface area contributed by atoms with Gasteiger partial charge in [0.25, 0.3) is 0 Å². The van der Waals surface area contributed by atoms with Crippen LogP contribution in [0.4, 0.5) is 5.82 Å². The second-order valence-electron chi connectivity index (χ2n) is 5.01. The molecule has 1 aromatic carbocycles. The minimum absolute atomic E-state index is 0.306. The Bertz CT molecular complexity index is 629. The Balaban J connectivity index is 2.34. The van der Waals surface area contributed by atoms with E-state index in [2.05, 4.69) is 16.4 Å². The Morgan fingerprint density at radius 3 is 2.79 bits per heavy atom. The highest BCUT2D eigenvalue weighted by Crippen LogP contribution is 2.20. The highest BCUT2D eigenvalue weighted by atomic mass is 16.5. The summed E-state index contributed by atoms with van der Waals surface area (Å²) in [5.41, 5.74) is 1.12. The zero-order valence-electron chi connectivity index (χ0n) is 11.4. The van der Waals surface area contributed by atoms with Crippen molar-refractivity contribution < 1.29 is 4.74 Å². The van der Waals surface area contributed by atoms with Gasteiger partial charge in [-0.15, -0.1) is 0 Å². The number of nitriles is 1. The molecule has 0 aliphatic carbocycles. The van der Waals surface area contributed by atoms with E-state index in [0.29, 0.717) is 17.9 Å². The summed E-state index contributed by atoms with van der Waals surface area (Å²) in [5.74, 6) is 0.603. The third-order valence-electron chi connectivity index (χ3n) is 3.08. The Morgan fingerprint density at radius 2 is 2.11 bits per heavy atom. The molecule has 0 radical (unpaired) electrons. The number of nitrogens with one attached hydrogen (secondary N) is 1. The first kappa shape index (κ1) is 13.3. The van der Waals surface area contributed by atoms with Gasteiger partial charge in [-0.05, 0) is 26.0 Å². The molecule has 1 N–H and O–H groups in total. The second kappa shape index (κ2) is 5.25. The smallest absolute Gasteiger partial charge is 0.144 e. The van der Waals surface area contributed by atoms with Crippen LogP contribution in [0.15, 0.2) is 30.3 Å². The van der Waals surface area contributed by atoms with Crippen molar-refractivity contribution in [3.8, 4) is 6.07 Å². The molecule has 0 unspecified atom stereocenters. The standard InChI is InChI=1S/C15H17N3O/c1-15(2,19-3)10-17-14-12(9-16)8-11-6-4-5-7-13(11)18-14/h4-8H,10H2,1-3H3,(H,17,18). The molecule has 0 saturated heterocycles. The molecular weight excluding hydrogens is 238 g/mol. The fourth-order valence-electron chi connectivity index (χ4n) is 1.70. The molecule has 0 aliphatic heterocycles. The summed E-state index contributed by atoms with van der Waals surface area (Å²) < 4.78 is 5.35. The van der Waals surface area contributed by atoms with Crippen molar-refractivity contribution in [3.63, 3.8) is 0 Å². The zero-order chi connectivity index (χ0) is 13.9. The predicted molar refractivity (Wildman–Crippen MR) is 76.0 cm³/mol. The van der Waals surface area contributed by atoms with Crippen molar-refractivity contribution in [1.82, 2.24) is 4.98 Å². The van der Waals surface area contributed by atoms with Crippen LogP contribution in [-0.2, 0) is 4.74 Å². The van der Waals surface area contributed by atoms with Gasteiger partial charge < -0.3 is 10.1 Å². The van der Waals surface area contributed by atoms with Crippen molar-refractivity contribution >= 4 is 16.7 Å². The number of aromatic nitrogens is 1. The van der Waals surface area contributed by atoms with Gasteiger partial charge in [-0.1, -0.05) is 18.2 Å². The molecule has 4 nitrogen and oxygen atoms in total. The Morgan fingerprint density at radius 1 is 1.37 bits per heavy atom. The first-order valence-corrected chi connectivity index (χ1v) is 6.15. The van der Waals surface area contributed by atoms with Gasteiger partial charge in [0.2, 0.25) is 0 Å². The van der Waals surface area contributed by atoms with Gasteiger partial charge in [-0.3, -0.25) is 0 Å². The van der Waals surface area contributed by atoms with Gasteiger partial charge in [0.1, 0.15) is 11.9 Å². The third-order valence-corrected chi connectivity index (χ3v) is 3.08. The molecule has 98 valence electrons. The number of hydrogen-bond acceptors (Lipinski definition) is 4. The summed E-state index contributed by atoms with van der Waals surface area (Å²) in [6, 6.07) is 11.8. The lowest BCUT2D eigenvalue weighted by Crippen LogP contribution is -2.32. The fraction of sp³-hybridized carbons (Fsp3) is 0.333. The number of pyridine rings is 1. The van der Waals surface area contributed by atoms with E-state index < -0.39 is 0 Å². The summed E-state index contributed by atoms with van der Waals surface area (Å²) in [7, 11) is 1.67. The molecule has 0 fully saturated rings. The van der Waals surface area contributed by atoms with Gasteiger partial charge in [0.15, 0.2) is 0 Å². The maximum absolute atomic E-state index is 9.20. The van der Waals surface area contributed by atoms with Crippen LogP contribution in [0.5, 0.6) is 0 Å². The number of fused-ring (bicyclic) bond motifs is 1. The lowest BCUT2D eigenvalue weighted by atomic mass is 10.1. The quantitative estimate of drug-likeness (QED) is 0.912. The van der Waals surface area contributed by atoms with Crippen LogP contribution in [0, 0.1) is 11.3 Å². The van der Waals surface area contributed by atoms with Crippen molar-refractivity contribution in [3.05, 3.63) is 35.9 Å². The van der Waals surface area contributed by atoms with E-state index in [0.717, 1.165) is 10.9 Å². The maximum atomic E-state index is 9.20. The monoisotopic (exact) mass is 255 g/mol. The topological polar surface area (TPSA) is 57.9 Å². The lowest BCUT2D eigenvalue weighted by molar-refractivity contribution is 0.0343. The highest BCUT2D eigenvalue weighted by molar-refractivity contribution is 5.82. The molecule has 0 atom stereocenters. The van der Waals surface area contributed by atoms with Crippen molar-refractivity contribution in [1.29, 1.82) is 5.26 Å². The van der Waals surface area contributed by atoms with Gasteiger partial charge in [0, 0.05) is 19.0 Å². The minimum atomic E-state index is -0.306. The van der Waals surface area contributed by atoms with E-state index in [1.165, 1.54) is 0 Å². The first-order valence-electron chi connectivity index (χ1n) is 6.15. The van der Waals surface area contributed by atoms with Crippen molar-refractivity contribution in [2.75, 3.05) is 19.0 Å². The maximum Gasteiger partial charge on any atom is 0.144 e. The molecule has 19 heavy (non-hydrogen) atoms. The van der Waals surface area contributed by atoms with E-state index in [9.17, 15) is 5.26 Å². The molecule has 0 spiro atoms. The normalized spacial score (nSPS) is 11.3. The summed E-state index contributed by atoms with van der Waals surface area (Å²) in [6.45, 7) is 4.55. The van der Waals surface area contributed by atoms with Crippen LogP contribution in [0.3, 0.4) is 0 Å². The fourth-order valence-corrected chi connectivity index (χ4v) is 1.70. The second-order valence-corrected chi connectivity index (χ2v) is 5.01. The summed E-state index contributed by atoms with van der Waals surface area (Å²) in [6.07, 6.45) is 0. The van der Waals surface area contributed by atoms with Crippen LogP contribution in [-0.4, -0.2) is 24.2 Å². The van der Waals surface area contributed by atoms with Crippen LogP contribution < -0.4 is 5.32 Å². The zero-order valence-corrected chi connectivity index (χ0v) is 11.4. The molecule has 0 amide bonds. The van der Waals surface area contributed by atoms with E-state index in [-0.39, 0.29) is 5.60 Å². The largest absolute Gasteiger partial charge is 0.377 e. The molecule has 1 aromatic heterocycles. The molecular formula is C15H17N3O. The van der Waals surface area contributed by atoms with Gasteiger partial charge in [-0.25, -0.2) is 4.98 Å². The van der Waals surface area contributed by atoms with Crippen molar-refractivity contribution in [2.45, 2.75) is 19.4 Å². The number of nitrogens with zero attached hydrogens (tertiary/aromatic N) is 2. The van der Waals surface area contributed by atoms with E-state index in [4.69, 9.17) is 4.74 Å². The number of para-hydroxylation sites is 1. The van der Waals surface area contributed by atoms with Crippen LogP contribution in [0.25, 0.3) is 10.9 Å². The minimum Gasteiger partial charge on any atom is -0.377 e. The SMILES string of the molecule is COC(C)(C)CNc1nc2ccccc2cc1C#N.